The quantitative estimate of drug-likeness (QED) is 0.437. The summed E-state index contributed by atoms with van der Waals surface area (Å²) in [6.07, 6.45) is 0. The van der Waals surface area contributed by atoms with Gasteiger partial charge in [-0.25, -0.2) is 0 Å². The van der Waals surface area contributed by atoms with Gasteiger partial charge in [-0.3, -0.25) is 0 Å². The van der Waals surface area contributed by atoms with Crippen LogP contribution in [0.5, 0.6) is 0 Å². The Labute approximate surface area is 38.5 Å². The first-order valence-electron chi connectivity index (χ1n) is 1.29. The van der Waals surface area contributed by atoms with Gasteiger partial charge in [0, 0.05) is 0 Å². The number of rotatable bonds is 2. The van der Waals surface area contributed by atoms with Crippen molar-refractivity contribution in [3.63, 3.8) is 0 Å². The Bertz CT molecular complexity index is 15.1. The van der Waals surface area contributed by atoms with Gasteiger partial charge in [0.25, 0.3) is 0 Å². The van der Waals surface area contributed by atoms with Gasteiger partial charge in [0.1, 0.15) is 0 Å². The van der Waals surface area contributed by atoms with E-state index in [1.807, 2.05) is 0 Å². The molecule has 0 spiro atoms. The Hall–Kier alpha value is 0.452. The summed E-state index contributed by atoms with van der Waals surface area (Å²) in [4.78, 5) is 0. The molecule has 0 aromatic heterocycles. The van der Waals surface area contributed by atoms with E-state index < -0.39 is 0 Å². The molecule has 0 aliphatic carbocycles. The van der Waals surface area contributed by atoms with Gasteiger partial charge >= 0.3 is 37.7 Å². The standard InChI is InChI=1S/2CH3O.Al/c2*1-2;/h2*1H3;/q2*-1;+3. The molecule has 0 rings (SSSR count). The predicted octanol–water partition coefficient (Wildman–Crippen LogP) is -0.187. The summed E-state index contributed by atoms with van der Waals surface area (Å²) in [5.41, 5.74) is 0. The Balaban J connectivity index is 2.19. The van der Waals surface area contributed by atoms with E-state index in [2.05, 4.69) is 7.58 Å². The molecule has 0 fully saturated rings. The minimum atomic E-state index is -0.185. The second-order valence-corrected chi connectivity index (χ2v) is 1.70. The normalized spacial score (nSPS) is 6.80. The summed E-state index contributed by atoms with van der Waals surface area (Å²) < 4.78 is 9.10. The van der Waals surface area contributed by atoms with Gasteiger partial charge in [0.2, 0.25) is 0 Å². The molecule has 5 heavy (non-hydrogen) atoms. The summed E-state index contributed by atoms with van der Waals surface area (Å²) >= 11 is -0.185. The molecule has 0 aromatic carbocycles. The van der Waals surface area contributed by atoms with E-state index in [9.17, 15) is 0 Å². The first kappa shape index (κ1) is 5.45. The molecular weight excluding hydrogens is 83.0 g/mol. The van der Waals surface area contributed by atoms with Crippen LogP contribution in [-0.2, 0) is 7.58 Å². The summed E-state index contributed by atoms with van der Waals surface area (Å²) in [5, 5.41) is 0. The van der Waals surface area contributed by atoms with Crippen LogP contribution in [0.4, 0.5) is 0 Å². The molecule has 0 amide bonds. The van der Waals surface area contributed by atoms with Gasteiger partial charge in [0.05, 0.1) is 0 Å². The summed E-state index contributed by atoms with van der Waals surface area (Å²) in [5.74, 6) is 0. The number of hydrogen-bond donors (Lipinski definition) is 0. The van der Waals surface area contributed by atoms with E-state index in [1.165, 1.54) is 0 Å². The van der Waals surface area contributed by atoms with Crippen molar-refractivity contribution in [2.45, 2.75) is 0 Å². The van der Waals surface area contributed by atoms with Crippen molar-refractivity contribution in [3.05, 3.63) is 0 Å². The fourth-order valence-corrected chi connectivity index (χ4v) is 0.289. The minimum absolute atomic E-state index is 0.185. The topological polar surface area (TPSA) is 18.5 Å². The maximum atomic E-state index is 4.55. The van der Waals surface area contributed by atoms with Crippen molar-refractivity contribution in [2.24, 2.45) is 0 Å². The van der Waals surface area contributed by atoms with Crippen molar-refractivity contribution in [1.82, 2.24) is 0 Å². The van der Waals surface area contributed by atoms with Gasteiger partial charge in [-0.05, 0) is 0 Å². The molecule has 0 unspecified atom stereocenters. The third-order valence-electron chi connectivity index (χ3n) is 0.192. The molecule has 0 bridgehead atoms. The molecule has 0 aliphatic heterocycles. The van der Waals surface area contributed by atoms with Gasteiger partial charge in [-0.15, -0.1) is 0 Å². The van der Waals surface area contributed by atoms with Crippen LogP contribution in [-0.4, -0.2) is 30.1 Å². The average molecular weight is 89.0 g/mol. The molecule has 0 saturated heterocycles. The number of hydrogen-bond acceptors (Lipinski definition) is 2. The Morgan fingerprint density at radius 1 is 1.20 bits per heavy atom. The van der Waals surface area contributed by atoms with E-state index in [1.54, 1.807) is 14.2 Å². The van der Waals surface area contributed by atoms with Gasteiger partial charge < -0.3 is 0 Å². The zero-order chi connectivity index (χ0) is 4.12. The summed E-state index contributed by atoms with van der Waals surface area (Å²) in [6.45, 7) is 0. The summed E-state index contributed by atoms with van der Waals surface area (Å²) in [6, 6.07) is 0. The molecule has 0 N–H and O–H groups in total. The fraction of sp³-hybridized carbons (Fsp3) is 1.00. The van der Waals surface area contributed by atoms with E-state index in [0.29, 0.717) is 0 Å². The molecule has 2 nitrogen and oxygen atoms in total. The zero-order valence-corrected chi connectivity index (χ0v) is 4.55. The molecule has 0 saturated carbocycles. The zero-order valence-electron chi connectivity index (χ0n) is 3.39. The first-order chi connectivity index (χ1) is 2.41. The van der Waals surface area contributed by atoms with Crippen LogP contribution in [0.2, 0.25) is 0 Å². The van der Waals surface area contributed by atoms with Gasteiger partial charge in [-0.2, -0.15) is 0 Å². The maximum absolute atomic E-state index is 4.55. The van der Waals surface area contributed by atoms with E-state index >= 15 is 0 Å². The fourth-order valence-electron chi connectivity index (χ4n) is 0.0962. The van der Waals surface area contributed by atoms with Gasteiger partial charge in [0.15, 0.2) is 0 Å². The molecule has 0 aliphatic rings. The molecule has 28 valence electrons. The molecular formula is C2H6AlO2+. The van der Waals surface area contributed by atoms with Crippen LogP contribution in [0.1, 0.15) is 0 Å². The van der Waals surface area contributed by atoms with Crippen LogP contribution in [0, 0.1) is 0 Å². The van der Waals surface area contributed by atoms with Crippen LogP contribution in [0.15, 0.2) is 0 Å². The third kappa shape index (κ3) is 4.45. The predicted molar refractivity (Wildman–Crippen MR) is 19.8 cm³/mol. The van der Waals surface area contributed by atoms with Crippen LogP contribution >= 0.6 is 0 Å². The van der Waals surface area contributed by atoms with E-state index in [-0.39, 0.29) is 15.9 Å². The molecule has 0 aromatic rings. The van der Waals surface area contributed by atoms with Crippen LogP contribution < -0.4 is 0 Å². The second-order valence-electron chi connectivity index (χ2n) is 0.568. The molecule has 0 atom stereocenters. The first-order valence-corrected chi connectivity index (χ1v) is 2.23. The average Bonchev–Trinajstić information content (AvgIpc) is 1.41. The molecule has 0 heterocycles. The van der Waals surface area contributed by atoms with Crippen molar-refractivity contribution < 1.29 is 7.58 Å². The van der Waals surface area contributed by atoms with Crippen LogP contribution in [0.25, 0.3) is 0 Å². The van der Waals surface area contributed by atoms with Crippen molar-refractivity contribution >= 4 is 15.9 Å². The van der Waals surface area contributed by atoms with Gasteiger partial charge in [-0.1, -0.05) is 0 Å². The monoisotopic (exact) mass is 89.0 g/mol. The van der Waals surface area contributed by atoms with Crippen molar-refractivity contribution in [3.8, 4) is 0 Å². The summed E-state index contributed by atoms with van der Waals surface area (Å²) in [7, 11) is 3.25. The molecule has 0 radical (unpaired) electrons. The van der Waals surface area contributed by atoms with E-state index in [4.69, 9.17) is 0 Å². The Morgan fingerprint density at radius 2 is 1.60 bits per heavy atom. The SMILES string of the molecule is C[O][Al+][O]C. The molecule has 3 heteroatoms. The second kappa shape index (κ2) is 4.45. The third-order valence-corrected chi connectivity index (χ3v) is 0.577. The van der Waals surface area contributed by atoms with Crippen molar-refractivity contribution in [2.75, 3.05) is 14.2 Å². The van der Waals surface area contributed by atoms with Crippen LogP contribution in [0.3, 0.4) is 0 Å². The Kier molecular flexibility index (Phi) is 4.86. The van der Waals surface area contributed by atoms with Crippen molar-refractivity contribution in [1.29, 1.82) is 0 Å². The van der Waals surface area contributed by atoms with E-state index in [0.717, 1.165) is 0 Å². The Morgan fingerprint density at radius 3 is 1.60 bits per heavy atom.